The molecule has 0 unspecified atom stereocenters. The van der Waals surface area contributed by atoms with Crippen LogP contribution in [0.3, 0.4) is 0 Å². The number of hydrogen-bond acceptors (Lipinski definition) is 4. The number of fused-ring (bicyclic) bond motifs is 1. The maximum absolute atomic E-state index is 6.30. The summed E-state index contributed by atoms with van der Waals surface area (Å²) in [6.07, 6.45) is 0. The third-order valence-electron chi connectivity index (χ3n) is 3.53. The average molecular weight is 306 g/mol. The summed E-state index contributed by atoms with van der Waals surface area (Å²) >= 11 is 6.30. The van der Waals surface area contributed by atoms with Gasteiger partial charge in [0.2, 0.25) is 5.95 Å². The third-order valence-corrected chi connectivity index (χ3v) is 3.89. The van der Waals surface area contributed by atoms with Crippen LogP contribution >= 0.6 is 11.6 Å². The number of halogens is 1. The minimum absolute atomic E-state index is 0.433. The molecule has 0 aliphatic heterocycles. The Bertz CT molecular complexity index is 820. The molecule has 0 saturated carbocycles. The summed E-state index contributed by atoms with van der Waals surface area (Å²) < 4.78 is 9.04. The number of aryl methyl sites for hydroxylation is 2. The topological polar surface area (TPSA) is 70.9 Å². The fourth-order valence-corrected chi connectivity index (χ4v) is 2.77. The molecule has 0 fully saturated rings. The summed E-state index contributed by atoms with van der Waals surface area (Å²) in [6, 6.07) is 5.56. The molecule has 0 bridgehead atoms. The maximum atomic E-state index is 6.30. The van der Waals surface area contributed by atoms with E-state index in [0.717, 1.165) is 28.2 Å². The van der Waals surface area contributed by atoms with E-state index in [0.29, 0.717) is 17.5 Å². The van der Waals surface area contributed by atoms with Crippen molar-refractivity contribution in [1.82, 2.24) is 19.3 Å². The number of aromatic nitrogens is 4. The van der Waals surface area contributed by atoms with Gasteiger partial charge in [0.1, 0.15) is 11.3 Å². The number of anilines is 1. The zero-order valence-corrected chi connectivity index (χ0v) is 12.8. The highest BCUT2D eigenvalue weighted by Gasteiger charge is 2.18. The number of nitrogen functional groups attached to an aromatic ring is 1. The van der Waals surface area contributed by atoms with Gasteiger partial charge in [-0.05, 0) is 19.1 Å². The molecule has 2 aromatic heterocycles. The van der Waals surface area contributed by atoms with Crippen LogP contribution in [0.15, 0.2) is 18.2 Å². The number of hydrogen-bond donors (Lipinski definition) is 1. The number of imidazole rings is 1. The van der Waals surface area contributed by atoms with Gasteiger partial charge in [-0.15, -0.1) is 0 Å². The quantitative estimate of drug-likeness (QED) is 0.806. The van der Waals surface area contributed by atoms with Crippen molar-refractivity contribution in [2.45, 2.75) is 13.5 Å². The summed E-state index contributed by atoms with van der Waals surface area (Å²) in [7, 11) is 3.49. The highest BCUT2D eigenvalue weighted by Crippen LogP contribution is 2.29. The molecule has 0 aliphatic rings. The molecule has 7 heteroatoms. The Morgan fingerprint density at radius 2 is 2.14 bits per heavy atom. The van der Waals surface area contributed by atoms with Gasteiger partial charge in [0, 0.05) is 17.6 Å². The smallest absolute Gasteiger partial charge is 0.202 e. The van der Waals surface area contributed by atoms with Crippen molar-refractivity contribution in [3.05, 3.63) is 34.5 Å². The fraction of sp³-hybridized carbons (Fsp3) is 0.286. The fourth-order valence-electron chi connectivity index (χ4n) is 2.55. The van der Waals surface area contributed by atoms with Crippen molar-refractivity contribution < 1.29 is 4.74 Å². The largest absolute Gasteiger partial charge is 0.496 e. The van der Waals surface area contributed by atoms with Crippen molar-refractivity contribution in [1.29, 1.82) is 0 Å². The number of rotatable bonds is 3. The lowest BCUT2D eigenvalue weighted by atomic mass is 10.2. The van der Waals surface area contributed by atoms with Crippen LogP contribution in [-0.4, -0.2) is 26.4 Å². The lowest BCUT2D eigenvalue weighted by molar-refractivity contribution is 0.408. The van der Waals surface area contributed by atoms with E-state index in [-0.39, 0.29) is 0 Å². The van der Waals surface area contributed by atoms with E-state index < -0.39 is 0 Å². The van der Waals surface area contributed by atoms with Crippen molar-refractivity contribution in [2.75, 3.05) is 12.8 Å². The zero-order valence-electron chi connectivity index (χ0n) is 12.1. The van der Waals surface area contributed by atoms with Crippen molar-refractivity contribution >= 4 is 28.7 Å². The molecule has 21 heavy (non-hydrogen) atoms. The van der Waals surface area contributed by atoms with Crippen molar-refractivity contribution in [3.8, 4) is 5.75 Å². The standard InChI is InChI=1S/C14H16ClN5O/c1-8-12-13(19(2)18-8)20(14(16)17-12)7-9-10(15)5-4-6-11(9)21-3/h4-6H,7H2,1-3H3,(H2,16,17). The number of nitrogens with two attached hydrogens (primary N) is 1. The van der Waals surface area contributed by atoms with Gasteiger partial charge in [0.05, 0.1) is 19.3 Å². The van der Waals surface area contributed by atoms with Crippen molar-refractivity contribution in [3.63, 3.8) is 0 Å². The van der Waals surface area contributed by atoms with E-state index in [4.69, 9.17) is 22.1 Å². The molecule has 0 saturated heterocycles. The van der Waals surface area contributed by atoms with E-state index in [1.54, 1.807) is 11.8 Å². The lowest BCUT2D eigenvalue weighted by Gasteiger charge is -2.12. The normalized spacial score (nSPS) is 11.2. The molecular weight excluding hydrogens is 290 g/mol. The molecule has 1 aromatic carbocycles. The SMILES string of the molecule is COc1cccc(Cl)c1Cn1c(N)nc2c(C)nn(C)c21. The Labute approximate surface area is 127 Å². The molecule has 2 heterocycles. The summed E-state index contributed by atoms with van der Waals surface area (Å²) in [4.78, 5) is 4.39. The molecular formula is C14H16ClN5O. The van der Waals surface area contributed by atoms with Gasteiger partial charge in [0.15, 0.2) is 5.65 Å². The minimum Gasteiger partial charge on any atom is -0.496 e. The van der Waals surface area contributed by atoms with Crippen LogP contribution in [0.5, 0.6) is 5.75 Å². The first-order chi connectivity index (χ1) is 10.0. The highest BCUT2D eigenvalue weighted by molar-refractivity contribution is 6.31. The lowest BCUT2D eigenvalue weighted by Crippen LogP contribution is -2.09. The number of methoxy groups -OCH3 is 1. The number of nitrogens with zero attached hydrogens (tertiary/aromatic N) is 4. The van der Waals surface area contributed by atoms with E-state index >= 15 is 0 Å². The Morgan fingerprint density at radius 1 is 1.38 bits per heavy atom. The number of ether oxygens (including phenoxy) is 1. The molecule has 110 valence electrons. The first kappa shape index (κ1) is 13.8. The molecule has 0 amide bonds. The number of benzene rings is 1. The summed E-state index contributed by atoms with van der Waals surface area (Å²) in [5.41, 5.74) is 9.44. The van der Waals surface area contributed by atoms with E-state index in [2.05, 4.69) is 10.1 Å². The average Bonchev–Trinajstić information content (AvgIpc) is 2.91. The minimum atomic E-state index is 0.433. The first-order valence-electron chi connectivity index (χ1n) is 6.49. The Kier molecular flexibility index (Phi) is 3.25. The predicted octanol–water partition coefficient (Wildman–Crippen LogP) is 2.37. The molecule has 0 atom stereocenters. The molecule has 3 aromatic rings. The van der Waals surface area contributed by atoms with E-state index in [1.165, 1.54) is 0 Å². The van der Waals surface area contributed by atoms with E-state index in [1.807, 2.05) is 36.7 Å². The van der Waals surface area contributed by atoms with Gasteiger partial charge in [-0.3, -0.25) is 9.25 Å². The highest BCUT2D eigenvalue weighted by atomic mass is 35.5. The Hall–Kier alpha value is -2.21. The van der Waals surface area contributed by atoms with Crippen LogP contribution in [0.1, 0.15) is 11.3 Å². The third kappa shape index (κ3) is 2.12. The second-order valence-electron chi connectivity index (χ2n) is 4.86. The van der Waals surface area contributed by atoms with Crippen LogP contribution < -0.4 is 10.5 Å². The molecule has 2 N–H and O–H groups in total. The Morgan fingerprint density at radius 3 is 2.86 bits per heavy atom. The first-order valence-corrected chi connectivity index (χ1v) is 6.87. The molecule has 3 rings (SSSR count). The van der Waals surface area contributed by atoms with Crippen LogP contribution in [-0.2, 0) is 13.6 Å². The summed E-state index contributed by atoms with van der Waals surface area (Å²) in [6.45, 7) is 2.39. The van der Waals surface area contributed by atoms with Gasteiger partial charge in [0.25, 0.3) is 0 Å². The summed E-state index contributed by atoms with van der Waals surface area (Å²) in [5.74, 6) is 1.16. The maximum Gasteiger partial charge on any atom is 0.202 e. The van der Waals surface area contributed by atoms with Gasteiger partial charge < -0.3 is 10.5 Å². The van der Waals surface area contributed by atoms with Gasteiger partial charge in [-0.25, -0.2) is 4.98 Å². The van der Waals surface area contributed by atoms with Crippen LogP contribution in [0.4, 0.5) is 5.95 Å². The monoisotopic (exact) mass is 305 g/mol. The predicted molar refractivity (Wildman–Crippen MR) is 82.8 cm³/mol. The zero-order chi connectivity index (χ0) is 15.1. The summed E-state index contributed by atoms with van der Waals surface area (Å²) in [5, 5.41) is 5.01. The van der Waals surface area contributed by atoms with Crippen LogP contribution in [0.25, 0.3) is 11.2 Å². The second kappa shape index (κ2) is 4.96. The van der Waals surface area contributed by atoms with E-state index in [9.17, 15) is 0 Å². The second-order valence-corrected chi connectivity index (χ2v) is 5.27. The van der Waals surface area contributed by atoms with Gasteiger partial charge >= 0.3 is 0 Å². The van der Waals surface area contributed by atoms with Gasteiger partial charge in [-0.2, -0.15) is 5.10 Å². The molecule has 0 spiro atoms. The van der Waals surface area contributed by atoms with Gasteiger partial charge in [-0.1, -0.05) is 17.7 Å². The molecule has 0 aliphatic carbocycles. The molecule has 0 radical (unpaired) electrons. The van der Waals surface area contributed by atoms with Crippen LogP contribution in [0.2, 0.25) is 5.02 Å². The van der Waals surface area contributed by atoms with Crippen molar-refractivity contribution in [2.24, 2.45) is 7.05 Å². The Balaban J connectivity index is 2.17. The molecule has 6 nitrogen and oxygen atoms in total. The van der Waals surface area contributed by atoms with Crippen LogP contribution in [0, 0.1) is 6.92 Å².